The van der Waals surface area contributed by atoms with Crippen LogP contribution in [0.15, 0.2) is 48.5 Å². The maximum absolute atomic E-state index is 13.6. The molecule has 3 rings (SSSR count). The second-order valence-electron chi connectivity index (χ2n) is 5.45. The molecule has 1 N–H and O–H groups in total. The molecular weight excluding hydrogens is 309 g/mol. The number of aliphatic carboxylic acids is 1. The van der Waals surface area contributed by atoms with Crippen molar-refractivity contribution in [1.29, 1.82) is 0 Å². The molecule has 0 spiro atoms. The summed E-state index contributed by atoms with van der Waals surface area (Å²) >= 11 is 0. The first kappa shape index (κ1) is 15.9. The van der Waals surface area contributed by atoms with Crippen LogP contribution in [0.4, 0.5) is 4.39 Å². The van der Waals surface area contributed by atoms with Gasteiger partial charge in [0.25, 0.3) is 0 Å². The average molecular weight is 325 g/mol. The summed E-state index contributed by atoms with van der Waals surface area (Å²) in [6.45, 7) is 0. The van der Waals surface area contributed by atoms with Crippen LogP contribution in [0.2, 0.25) is 0 Å². The molecule has 122 valence electrons. The molecule has 5 heteroatoms. The van der Waals surface area contributed by atoms with Crippen LogP contribution in [0.3, 0.4) is 0 Å². The third-order valence-corrected chi connectivity index (χ3v) is 3.83. The summed E-state index contributed by atoms with van der Waals surface area (Å²) in [5.41, 5.74) is 2.83. The average Bonchev–Trinajstić information content (AvgIpc) is 2.59. The fraction of sp³-hybridized carbons (Fsp3) is 0.158. The van der Waals surface area contributed by atoms with Gasteiger partial charge in [-0.3, -0.25) is 4.79 Å². The van der Waals surface area contributed by atoms with Gasteiger partial charge in [0.1, 0.15) is 11.6 Å². The standard InChI is InChI=1S/C19H16FNO3/c1-24-15-4-2-3-13(9-15)17-10-12(5-8-19(22)23)16-7-6-14(20)11-18(16)21-17/h2-4,6-7,9-11H,5,8H2,1H3,(H,22,23). The van der Waals surface area contributed by atoms with Crippen LogP contribution in [0.25, 0.3) is 22.2 Å². The highest BCUT2D eigenvalue weighted by molar-refractivity contribution is 5.86. The molecule has 0 atom stereocenters. The molecule has 0 bridgehead atoms. The summed E-state index contributed by atoms with van der Waals surface area (Å²) in [5.74, 6) is -0.548. The summed E-state index contributed by atoms with van der Waals surface area (Å²) in [7, 11) is 1.58. The number of carboxylic acids is 1. The fourth-order valence-corrected chi connectivity index (χ4v) is 2.65. The summed E-state index contributed by atoms with van der Waals surface area (Å²) < 4.78 is 18.8. The normalized spacial score (nSPS) is 10.8. The lowest BCUT2D eigenvalue weighted by Crippen LogP contribution is -2.00. The van der Waals surface area contributed by atoms with Crippen LogP contribution in [0.1, 0.15) is 12.0 Å². The van der Waals surface area contributed by atoms with Gasteiger partial charge in [-0.05, 0) is 42.3 Å². The highest BCUT2D eigenvalue weighted by Gasteiger charge is 2.10. The van der Waals surface area contributed by atoms with Crippen LogP contribution < -0.4 is 4.74 Å². The van der Waals surface area contributed by atoms with Crippen LogP contribution >= 0.6 is 0 Å². The SMILES string of the molecule is COc1cccc(-c2cc(CCC(=O)O)c3ccc(F)cc3n2)c1. The number of fused-ring (bicyclic) bond motifs is 1. The van der Waals surface area contributed by atoms with E-state index in [1.54, 1.807) is 13.2 Å². The predicted molar refractivity (Wildman–Crippen MR) is 89.6 cm³/mol. The molecule has 24 heavy (non-hydrogen) atoms. The highest BCUT2D eigenvalue weighted by Crippen LogP contribution is 2.28. The number of nitrogens with zero attached hydrogens (tertiary/aromatic N) is 1. The van der Waals surface area contributed by atoms with Crippen molar-refractivity contribution in [3.8, 4) is 17.0 Å². The third-order valence-electron chi connectivity index (χ3n) is 3.83. The molecule has 0 fully saturated rings. The van der Waals surface area contributed by atoms with Gasteiger partial charge in [0.2, 0.25) is 0 Å². The van der Waals surface area contributed by atoms with E-state index in [1.165, 1.54) is 12.1 Å². The molecule has 3 aromatic rings. The molecule has 2 aromatic carbocycles. The molecule has 0 saturated carbocycles. The minimum atomic E-state index is -0.870. The Bertz CT molecular complexity index is 908. The maximum atomic E-state index is 13.6. The Hall–Kier alpha value is -2.95. The number of pyridine rings is 1. The first-order valence-electron chi connectivity index (χ1n) is 7.52. The van der Waals surface area contributed by atoms with E-state index in [1.807, 2.05) is 30.3 Å². The Morgan fingerprint density at radius 1 is 1.21 bits per heavy atom. The van der Waals surface area contributed by atoms with Gasteiger partial charge in [-0.15, -0.1) is 0 Å². The molecule has 1 aromatic heterocycles. The van der Waals surface area contributed by atoms with E-state index in [9.17, 15) is 9.18 Å². The van der Waals surface area contributed by atoms with Gasteiger partial charge >= 0.3 is 5.97 Å². The summed E-state index contributed by atoms with van der Waals surface area (Å²) in [4.78, 5) is 15.4. The highest BCUT2D eigenvalue weighted by atomic mass is 19.1. The zero-order chi connectivity index (χ0) is 17.1. The topological polar surface area (TPSA) is 59.4 Å². The molecule has 0 aliphatic rings. The van der Waals surface area contributed by atoms with Crippen LogP contribution in [0, 0.1) is 5.82 Å². The molecule has 0 radical (unpaired) electrons. The lowest BCUT2D eigenvalue weighted by atomic mass is 10.0. The Kier molecular flexibility index (Phi) is 4.42. The van der Waals surface area contributed by atoms with Crippen molar-refractivity contribution < 1.29 is 19.0 Å². The Morgan fingerprint density at radius 3 is 2.79 bits per heavy atom. The number of rotatable bonds is 5. The van der Waals surface area contributed by atoms with Crippen LogP contribution in [0.5, 0.6) is 5.75 Å². The lowest BCUT2D eigenvalue weighted by Gasteiger charge is -2.10. The van der Waals surface area contributed by atoms with E-state index in [2.05, 4.69) is 4.98 Å². The summed E-state index contributed by atoms with van der Waals surface area (Å²) in [6.07, 6.45) is 0.366. The fourth-order valence-electron chi connectivity index (χ4n) is 2.65. The monoisotopic (exact) mass is 325 g/mol. The number of hydrogen-bond acceptors (Lipinski definition) is 3. The lowest BCUT2D eigenvalue weighted by molar-refractivity contribution is -0.136. The quantitative estimate of drug-likeness (QED) is 0.768. The van der Waals surface area contributed by atoms with Gasteiger partial charge < -0.3 is 9.84 Å². The molecule has 0 amide bonds. The smallest absolute Gasteiger partial charge is 0.303 e. The van der Waals surface area contributed by atoms with Gasteiger partial charge in [0.15, 0.2) is 0 Å². The summed E-state index contributed by atoms with van der Waals surface area (Å²) in [5, 5.41) is 9.72. The van der Waals surface area contributed by atoms with Crippen LogP contribution in [-0.2, 0) is 11.2 Å². The van der Waals surface area contributed by atoms with Crippen molar-refractivity contribution in [3.05, 3.63) is 59.9 Å². The van der Waals surface area contributed by atoms with Crippen molar-refractivity contribution in [2.24, 2.45) is 0 Å². The van der Waals surface area contributed by atoms with E-state index in [-0.39, 0.29) is 12.2 Å². The second kappa shape index (κ2) is 6.66. The van der Waals surface area contributed by atoms with Gasteiger partial charge in [-0.2, -0.15) is 0 Å². The first-order valence-corrected chi connectivity index (χ1v) is 7.52. The molecule has 4 nitrogen and oxygen atoms in total. The number of halogens is 1. The van der Waals surface area contributed by atoms with Crippen LogP contribution in [-0.4, -0.2) is 23.2 Å². The number of benzene rings is 2. The second-order valence-corrected chi connectivity index (χ2v) is 5.45. The number of aryl methyl sites for hydroxylation is 1. The number of hydrogen-bond donors (Lipinski definition) is 1. The van der Waals surface area contributed by atoms with Crippen molar-refractivity contribution >= 4 is 16.9 Å². The predicted octanol–water partition coefficient (Wildman–Crippen LogP) is 4.07. The molecule has 0 unspecified atom stereocenters. The molecule has 0 saturated heterocycles. The zero-order valence-corrected chi connectivity index (χ0v) is 13.1. The number of aromatic nitrogens is 1. The minimum absolute atomic E-state index is 0.00798. The zero-order valence-electron chi connectivity index (χ0n) is 13.1. The Labute approximate surface area is 138 Å². The number of methoxy groups -OCH3 is 1. The molecule has 0 aliphatic carbocycles. The van der Waals surface area contributed by atoms with E-state index >= 15 is 0 Å². The van der Waals surface area contributed by atoms with Gasteiger partial charge in [-0.1, -0.05) is 12.1 Å². The van der Waals surface area contributed by atoms with Crippen molar-refractivity contribution in [2.45, 2.75) is 12.8 Å². The Balaban J connectivity index is 2.15. The van der Waals surface area contributed by atoms with Gasteiger partial charge in [0.05, 0.1) is 18.3 Å². The van der Waals surface area contributed by atoms with Crippen molar-refractivity contribution in [3.63, 3.8) is 0 Å². The largest absolute Gasteiger partial charge is 0.497 e. The summed E-state index contributed by atoms with van der Waals surface area (Å²) in [6, 6.07) is 13.6. The van der Waals surface area contributed by atoms with E-state index < -0.39 is 5.97 Å². The number of carbonyl (C=O) groups is 1. The van der Waals surface area contributed by atoms with Gasteiger partial charge in [-0.25, -0.2) is 9.37 Å². The van der Waals surface area contributed by atoms with E-state index in [0.29, 0.717) is 23.4 Å². The molecule has 0 aliphatic heterocycles. The molecular formula is C19H16FNO3. The maximum Gasteiger partial charge on any atom is 0.303 e. The Morgan fingerprint density at radius 2 is 2.04 bits per heavy atom. The third kappa shape index (κ3) is 3.35. The number of carboxylic acid groups (broad SMARTS) is 1. The van der Waals surface area contributed by atoms with Crippen molar-refractivity contribution in [2.75, 3.05) is 7.11 Å². The number of ether oxygens (including phenoxy) is 1. The van der Waals surface area contributed by atoms with E-state index in [4.69, 9.17) is 9.84 Å². The first-order chi connectivity index (χ1) is 11.6. The minimum Gasteiger partial charge on any atom is -0.497 e. The molecule has 1 heterocycles. The van der Waals surface area contributed by atoms with Gasteiger partial charge in [0, 0.05) is 23.4 Å². The van der Waals surface area contributed by atoms with E-state index in [0.717, 1.165) is 16.5 Å². The van der Waals surface area contributed by atoms with Crippen molar-refractivity contribution in [1.82, 2.24) is 4.98 Å².